The molecule has 0 unspecified atom stereocenters. The Balaban J connectivity index is 1.34. The molecule has 268 valence electrons. The molecule has 1 atom stereocenters. The largest absolute Gasteiger partial charge is 0.475 e. The van der Waals surface area contributed by atoms with E-state index in [1.807, 2.05) is 57.7 Å². The number of carbonyl (C=O) groups is 2. The molecule has 1 spiro atoms. The first-order valence-corrected chi connectivity index (χ1v) is 19.0. The molecule has 1 aromatic heterocycles. The normalized spacial score (nSPS) is 20.6. The standard InChI is InChI=1S/C38H49N5O6S/c1-24(2)18-28-23-48-32-20-31(33-25(3)10-8-11-26(33)4)39-35(40-32)41-50(46,47)30-13-9-12-27(19-30)34(44)43(28)29-21-38(22-29)14-16-42(17-15-38)36(45)49-37(5,6)7/h8-13,19-20,24,28-29H,14-18,21-23H2,1-7H3,(H,39,40,41)/t28-/m0/s1. The molecule has 1 aliphatic carbocycles. The van der Waals surface area contributed by atoms with Gasteiger partial charge < -0.3 is 19.3 Å². The van der Waals surface area contributed by atoms with Crippen LogP contribution >= 0.6 is 0 Å². The summed E-state index contributed by atoms with van der Waals surface area (Å²) in [4.78, 5) is 40.1. The third-order valence-corrected chi connectivity index (χ3v) is 11.4. The highest BCUT2D eigenvalue weighted by atomic mass is 32.2. The molecule has 4 bridgehead atoms. The summed E-state index contributed by atoms with van der Waals surface area (Å²) in [7, 11) is -4.15. The zero-order valence-electron chi connectivity index (χ0n) is 30.2. The average Bonchev–Trinajstić information content (AvgIpc) is 3.01. The van der Waals surface area contributed by atoms with Crippen molar-refractivity contribution in [1.29, 1.82) is 0 Å². The van der Waals surface area contributed by atoms with Crippen LogP contribution in [0.4, 0.5) is 10.7 Å². The van der Waals surface area contributed by atoms with Crippen LogP contribution in [0.5, 0.6) is 5.88 Å². The van der Waals surface area contributed by atoms with Crippen molar-refractivity contribution in [2.75, 3.05) is 24.4 Å². The molecular weight excluding hydrogens is 655 g/mol. The first kappa shape index (κ1) is 35.6. The van der Waals surface area contributed by atoms with Gasteiger partial charge in [-0.1, -0.05) is 38.1 Å². The zero-order valence-corrected chi connectivity index (χ0v) is 31.0. The Morgan fingerprint density at radius 1 is 1.04 bits per heavy atom. The molecule has 11 nitrogen and oxygen atoms in total. The quantitative estimate of drug-likeness (QED) is 0.308. The van der Waals surface area contributed by atoms with E-state index >= 15 is 0 Å². The van der Waals surface area contributed by atoms with Crippen LogP contribution in [0.2, 0.25) is 0 Å². The number of amides is 2. The number of piperidine rings is 1. The maximum Gasteiger partial charge on any atom is 0.410 e. The number of nitrogens with zero attached hydrogens (tertiary/aromatic N) is 4. The van der Waals surface area contributed by atoms with Gasteiger partial charge in [-0.05, 0) is 107 Å². The monoisotopic (exact) mass is 703 g/mol. The van der Waals surface area contributed by atoms with E-state index in [4.69, 9.17) is 9.47 Å². The number of fused-ring (bicyclic) bond motifs is 4. The van der Waals surface area contributed by atoms with Gasteiger partial charge in [-0.15, -0.1) is 0 Å². The zero-order chi connectivity index (χ0) is 36.0. The fraction of sp³-hybridized carbons (Fsp3) is 0.526. The number of ether oxygens (including phenoxy) is 2. The van der Waals surface area contributed by atoms with E-state index in [-0.39, 0.29) is 58.7 Å². The second-order valence-electron chi connectivity index (χ2n) is 15.7. The van der Waals surface area contributed by atoms with Gasteiger partial charge in [0.25, 0.3) is 15.9 Å². The second kappa shape index (κ2) is 13.5. The molecule has 2 amide bonds. The molecule has 3 heterocycles. The summed E-state index contributed by atoms with van der Waals surface area (Å²) in [6, 6.07) is 13.5. The Hall–Kier alpha value is -4.19. The summed E-state index contributed by atoms with van der Waals surface area (Å²) >= 11 is 0. The van der Waals surface area contributed by atoms with Gasteiger partial charge in [0.05, 0.1) is 16.6 Å². The number of rotatable bonds is 4. The van der Waals surface area contributed by atoms with Gasteiger partial charge in [0, 0.05) is 36.3 Å². The number of benzene rings is 2. The van der Waals surface area contributed by atoms with E-state index in [2.05, 4.69) is 28.5 Å². The number of anilines is 1. The van der Waals surface area contributed by atoms with Crippen molar-refractivity contribution in [3.63, 3.8) is 0 Å². The summed E-state index contributed by atoms with van der Waals surface area (Å²) < 4.78 is 42.0. The molecule has 0 radical (unpaired) electrons. The van der Waals surface area contributed by atoms with Gasteiger partial charge in [0.1, 0.15) is 12.2 Å². The minimum atomic E-state index is -4.15. The highest BCUT2D eigenvalue weighted by Gasteiger charge is 2.51. The van der Waals surface area contributed by atoms with Gasteiger partial charge in [-0.2, -0.15) is 4.98 Å². The number of sulfonamides is 1. The van der Waals surface area contributed by atoms with Crippen molar-refractivity contribution >= 4 is 28.0 Å². The average molecular weight is 704 g/mol. The first-order valence-electron chi connectivity index (χ1n) is 17.5. The van der Waals surface area contributed by atoms with Gasteiger partial charge in [0.2, 0.25) is 11.8 Å². The van der Waals surface area contributed by atoms with Crippen molar-refractivity contribution in [3.8, 4) is 17.1 Å². The summed E-state index contributed by atoms with van der Waals surface area (Å²) in [6.07, 6.45) is 3.65. The Labute approximate surface area is 295 Å². The van der Waals surface area contributed by atoms with E-state index in [0.29, 0.717) is 30.8 Å². The van der Waals surface area contributed by atoms with Crippen LogP contribution in [0, 0.1) is 25.2 Å². The highest BCUT2D eigenvalue weighted by molar-refractivity contribution is 7.92. The predicted molar refractivity (Wildman–Crippen MR) is 192 cm³/mol. The lowest BCUT2D eigenvalue weighted by Gasteiger charge is -2.56. The maximum absolute atomic E-state index is 14.6. The van der Waals surface area contributed by atoms with Crippen molar-refractivity contribution in [2.24, 2.45) is 11.3 Å². The fourth-order valence-electron chi connectivity index (χ4n) is 7.67. The third kappa shape index (κ3) is 7.60. The van der Waals surface area contributed by atoms with Crippen molar-refractivity contribution in [3.05, 3.63) is 65.2 Å². The van der Waals surface area contributed by atoms with Gasteiger partial charge >= 0.3 is 6.09 Å². The Morgan fingerprint density at radius 2 is 1.70 bits per heavy atom. The number of hydrogen-bond donors (Lipinski definition) is 1. The summed E-state index contributed by atoms with van der Waals surface area (Å²) in [6.45, 7) is 15.2. The topological polar surface area (TPSA) is 131 Å². The van der Waals surface area contributed by atoms with E-state index in [0.717, 1.165) is 42.4 Å². The third-order valence-electron chi connectivity index (χ3n) is 10.1. The molecule has 3 aromatic rings. The molecule has 1 saturated carbocycles. The van der Waals surface area contributed by atoms with Gasteiger partial charge in [0.15, 0.2) is 0 Å². The van der Waals surface area contributed by atoms with Crippen LogP contribution in [-0.2, 0) is 14.8 Å². The summed E-state index contributed by atoms with van der Waals surface area (Å²) in [5, 5.41) is 0. The van der Waals surface area contributed by atoms with Crippen LogP contribution < -0.4 is 9.46 Å². The second-order valence-corrected chi connectivity index (χ2v) is 17.3. The summed E-state index contributed by atoms with van der Waals surface area (Å²) in [5.74, 6) is 0.143. The van der Waals surface area contributed by atoms with Crippen molar-refractivity contribution in [2.45, 2.75) is 103 Å². The SMILES string of the molecule is Cc1cccc(C)c1-c1cc2nc(n1)NS(=O)(=O)c1cccc(c1)C(=O)N(C1CC3(CCN(C(=O)OC(C)(C)C)CC3)C1)[C@@H](CC(C)C)CO2. The molecule has 12 heteroatoms. The van der Waals surface area contributed by atoms with Crippen LogP contribution in [0.1, 0.15) is 88.2 Å². The molecule has 1 saturated heterocycles. The number of likely N-dealkylation sites (tertiary alicyclic amines) is 1. The van der Waals surface area contributed by atoms with Crippen LogP contribution in [0.3, 0.4) is 0 Å². The Morgan fingerprint density at radius 3 is 2.34 bits per heavy atom. The Bertz CT molecular complexity index is 1850. The van der Waals surface area contributed by atoms with E-state index in [1.54, 1.807) is 23.1 Å². The number of carbonyl (C=O) groups excluding carboxylic acids is 2. The van der Waals surface area contributed by atoms with Crippen LogP contribution in [-0.4, -0.2) is 77.6 Å². The minimum absolute atomic E-state index is 0.0187. The van der Waals surface area contributed by atoms with Gasteiger partial charge in [-0.25, -0.2) is 22.9 Å². The first-order chi connectivity index (χ1) is 23.5. The lowest BCUT2D eigenvalue weighted by molar-refractivity contribution is -0.0555. The Kier molecular flexibility index (Phi) is 9.62. The smallest absolute Gasteiger partial charge is 0.410 e. The molecule has 1 N–H and O–H groups in total. The molecule has 50 heavy (non-hydrogen) atoms. The predicted octanol–water partition coefficient (Wildman–Crippen LogP) is 6.99. The molecule has 2 aliphatic heterocycles. The van der Waals surface area contributed by atoms with E-state index < -0.39 is 15.6 Å². The van der Waals surface area contributed by atoms with Crippen molar-refractivity contribution < 1.29 is 27.5 Å². The van der Waals surface area contributed by atoms with Gasteiger partial charge in [-0.3, -0.25) is 4.79 Å². The maximum atomic E-state index is 14.6. The number of nitrogens with one attached hydrogen (secondary N) is 1. The molecule has 6 rings (SSSR count). The molecule has 2 fully saturated rings. The molecule has 3 aliphatic rings. The fourth-order valence-corrected chi connectivity index (χ4v) is 8.66. The summed E-state index contributed by atoms with van der Waals surface area (Å²) in [5.41, 5.74) is 3.15. The van der Waals surface area contributed by atoms with E-state index in [9.17, 15) is 18.0 Å². The van der Waals surface area contributed by atoms with Crippen LogP contribution in [0.25, 0.3) is 11.3 Å². The lowest BCUT2D eigenvalue weighted by Crippen LogP contribution is -2.60. The number of hydrogen-bond acceptors (Lipinski definition) is 8. The number of aromatic nitrogens is 2. The minimum Gasteiger partial charge on any atom is -0.475 e. The van der Waals surface area contributed by atoms with E-state index in [1.165, 1.54) is 12.1 Å². The molecular formula is C38H49N5O6S. The number of aryl methyl sites for hydroxylation is 2. The highest BCUT2D eigenvalue weighted by Crippen LogP contribution is 2.52. The molecule has 2 aromatic carbocycles. The lowest BCUT2D eigenvalue weighted by atomic mass is 9.59. The van der Waals surface area contributed by atoms with Crippen molar-refractivity contribution in [1.82, 2.24) is 19.8 Å². The van der Waals surface area contributed by atoms with Crippen LogP contribution in [0.15, 0.2) is 53.4 Å².